The Morgan fingerprint density at radius 1 is 1.25 bits per heavy atom. The van der Waals surface area contributed by atoms with E-state index in [2.05, 4.69) is 22.3 Å². The number of rotatable bonds is 3. The van der Waals surface area contributed by atoms with Crippen molar-refractivity contribution in [3.05, 3.63) is 29.3 Å². The predicted octanol–water partition coefficient (Wildman–Crippen LogP) is 2.38. The van der Waals surface area contributed by atoms with E-state index in [4.69, 9.17) is 10.7 Å². The fraction of sp³-hybridized carbons (Fsp3) is 0.385. The van der Waals surface area contributed by atoms with Crippen molar-refractivity contribution in [2.75, 3.05) is 0 Å². The van der Waals surface area contributed by atoms with E-state index in [9.17, 15) is 8.42 Å². The largest absolute Gasteiger partial charge is 0.297 e. The van der Waals surface area contributed by atoms with Crippen molar-refractivity contribution < 1.29 is 8.42 Å². The summed E-state index contributed by atoms with van der Waals surface area (Å²) in [5.74, 6) is 0.543. The molecule has 1 aromatic heterocycles. The smallest absolute Gasteiger partial charge is 0.296 e. The van der Waals surface area contributed by atoms with Gasteiger partial charge in [-0.05, 0) is 43.4 Å². The van der Waals surface area contributed by atoms with Gasteiger partial charge in [-0.25, -0.2) is 8.42 Å². The molecule has 20 heavy (non-hydrogen) atoms. The van der Waals surface area contributed by atoms with E-state index >= 15 is 0 Å². The van der Waals surface area contributed by atoms with Crippen LogP contribution in [-0.2, 0) is 28.4 Å². The minimum atomic E-state index is -3.88. The van der Waals surface area contributed by atoms with Crippen LogP contribution in [0.3, 0.4) is 0 Å². The van der Waals surface area contributed by atoms with Gasteiger partial charge in [-0.1, -0.05) is 12.1 Å². The minimum absolute atomic E-state index is 0.197. The van der Waals surface area contributed by atoms with Gasteiger partial charge in [-0.2, -0.15) is 0 Å². The van der Waals surface area contributed by atoms with Crippen molar-refractivity contribution >= 4 is 19.7 Å². The fourth-order valence-corrected chi connectivity index (χ4v) is 3.64. The predicted molar refractivity (Wildman–Crippen MR) is 76.2 cm³/mol. The average Bonchev–Trinajstić information content (AvgIpc) is 3.03. The van der Waals surface area contributed by atoms with Gasteiger partial charge in [0.15, 0.2) is 5.82 Å². The van der Waals surface area contributed by atoms with Gasteiger partial charge in [-0.15, -0.1) is 10.2 Å². The first-order chi connectivity index (χ1) is 9.50. The quantitative estimate of drug-likeness (QED) is 0.816. The van der Waals surface area contributed by atoms with Crippen LogP contribution in [-0.4, -0.2) is 23.2 Å². The molecule has 0 atom stereocenters. The standard InChI is InChI=1S/C13H14ClN3O2S/c1-2-17-12(15-16-13(17)20(14,18)19)11-7-6-9-4-3-5-10(9)8-11/h6-8H,2-5H2,1H3. The first-order valence-electron chi connectivity index (χ1n) is 6.50. The first kappa shape index (κ1) is 13.6. The Morgan fingerprint density at radius 2 is 2.00 bits per heavy atom. The van der Waals surface area contributed by atoms with Crippen molar-refractivity contribution in [2.45, 2.75) is 37.9 Å². The van der Waals surface area contributed by atoms with Gasteiger partial charge in [0.25, 0.3) is 14.2 Å². The summed E-state index contributed by atoms with van der Waals surface area (Å²) in [6.07, 6.45) is 3.34. The van der Waals surface area contributed by atoms with E-state index in [1.54, 1.807) is 0 Å². The van der Waals surface area contributed by atoms with Crippen LogP contribution in [0.5, 0.6) is 0 Å². The van der Waals surface area contributed by atoms with E-state index in [1.807, 2.05) is 13.0 Å². The third-order valence-corrected chi connectivity index (χ3v) is 4.76. The maximum Gasteiger partial charge on any atom is 0.296 e. The van der Waals surface area contributed by atoms with Crippen molar-refractivity contribution in [1.29, 1.82) is 0 Å². The molecule has 0 saturated heterocycles. The second kappa shape index (κ2) is 4.86. The highest BCUT2D eigenvalue weighted by Gasteiger charge is 2.23. The summed E-state index contributed by atoms with van der Waals surface area (Å²) in [6.45, 7) is 2.28. The number of aryl methyl sites for hydroxylation is 2. The summed E-state index contributed by atoms with van der Waals surface area (Å²) in [6, 6.07) is 6.12. The summed E-state index contributed by atoms with van der Waals surface area (Å²) >= 11 is 0. The molecule has 0 saturated carbocycles. The van der Waals surface area contributed by atoms with Crippen molar-refractivity contribution in [1.82, 2.24) is 14.8 Å². The maximum absolute atomic E-state index is 11.5. The highest BCUT2D eigenvalue weighted by Crippen LogP contribution is 2.28. The van der Waals surface area contributed by atoms with Gasteiger partial charge in [0.1, 0.15) is 0 Å². The van der Waals surface area contributed by atoms with E-state index in [-0.39, 0.29) is 5.16 Å². The molecular weight excluding hydrogens is 298 g/mol. The number of hydrogen-bond donors (Lipinski definition) is 0. The number of fused-ring (bicyclic) bond motifs is 1. The van der Waals surface area contributed by atoms with Crippen molar-refractivity contribution in [3.8, 4) is 11.4 Å². The molecule has 0 radical (unpaired) electrons. The van der Waals surface area contributed by atoms with Crippen LogP contribution in [0.4, 0.5) is 0 Å². The zero-order valence-corrected chi connectivity index (χ0v) is 12.6. The van der Waals surface area contributed by atoms with Gasteiger partial charge >= 0.3 is 0 Å². The Hall–Kier alpha value is -1.40. The fourth-order valence-electron chi connectivity index (χ4n) is 2.68. The van der Waals surface area contributed by atoms with E-state index in [1.165, 1.54) is 22.1 Å². The first-order valence-corrected chi connectivity index (χ1v) is 8.81. The minimum Gasteiger partial charge on any atom is -0.297 e. The lowest BCUT2D eigenvalue weighted by molar-refractivity contribution is 0.583. The van der Waals surface area contributed by atoms with Crippen LogP contribution in [0.2, 0.25) is 0 Å². The zero-order chi connectivity index (χ0) is 14.3. The Kier molecular flexibility index (Phi) is 3.30. The molecular formula is C13H14ClN3O2S. The molecule has 1 aromatic carbocycles. The topological polar surface area (TPSA) is 64.8 Å². The molecule has 0 amide bonds. The second-order valence-corrected chi connectivity index (χ2v) is 7.29. The SMILES string of the molecule is CCn1c(-c2ccc3c(c2)CCC3)nnc1S(=O)(=O)Cl. The van der Waals surface area contributed by atoms with Crippen molar-refractivity contribution in [3.63, 3.8) is 0 Å². The average molecular weight is 312 g/mol. The van der Waals surface area contributed by atoms with E-state index in [0.717, 1.165) is 18.4 Å². The third kappa shape index (κ3) is 2.23. The monoisotopic (exact) mass is 311 g/mol. The molecule has 2 aromatic rings. The molecule has 1 aliphatic carbocycles. The molecule has 106 valence electrons. The Bertz CT molecular complexity index is 768. The molecule has 0 fully saturated rings. The molecule has 3 rings (SSSR count). The summed E-state index contributed by atoms with van der Waals surface area (Å²) in [7, 11) is 1.50. The maximum atomic E-state index is 11.5. The van der Waals surface area contributed by atoms with Crippen LogP contribution in [0.1, 0.15) is 24.5 Å². The van der Waals surface area contributed by atoms with Crippen molar-refractivity contribution in [2.24, 2.45) is 0 Å². The van der Waals surface area contributed by atoms with Gasteiger partial charge in [0, 0.05) is 22.8 Å². The Balaban J connectivity index is 2.13. The normalized spacial score (nSPS) is 14.5. The molecule has 1 heterocycles. The van der Waals surface area contributed by atoms with Gasteiger partial charge in [-0.3, -0.25) is 4.57 Å². The van der Waals surface area contributed by atoms with Gasteiger partial charge in [0.2, 0.25) is 0 Å². The molecule has 0 N–H and O–H groups in total. The molecule has 0 bridgehead atoms. The lowest BCUT2D eigenvalue weighted by atomic mass is 10.1. The van der Waals surface area contributed by atoms with Gasteiger partial charge in [0.05, 0.1) is 0 Å². The number of halogens is 1. The molecule has 0 spiro atoms. The number of nitrogens with zero attached hydrogens (tertiary/aromatic N) is 3. The molecule has 1 aliphatic rings. The Morgan fingerprint density at radius 3 is 2.70 bits per heavy atom. The number of benzene rings is 1. The van der Waals surface area contributed by atoms with E-state index in [0.29, 0.717) is 12.4 Å². The van der Waals surface area contributed by atoms with Crippen LogP contribution in [0, 0.1) is 0 Å². The molecule has 7 heteroatoms. The summed E-state index contributed by atoms with van der Waals surface area (Å²) in [5.41, 5.74) is 3.55. The van der Waals surface area contributed by atoms with Crippen LogP contribution in [0.25, 0.3) is 11.4 Å². The molecule has 0 aliphatic heterocycles. The van der Waals surface area contributed by atoms with Crippen LogP contribution >= 0.6 is 10.7 Å². The summed E-state index contributed by atoms with van der Waals surface area (Å²) in [4.78, 5) is 0. The lowest BCUT2D eigenvalue weighted by Gasteiger charge is -2.07. The molecule has 5 nitrogen and oxygen atoms in total. The van der Waals surface area contributed by atoms with Crippen LogP contribution in [0.15, 0.2) is 23.4 Å². The lowest BCUT2D eigenvalue weighted by Crippen LogP contribution is -2.06. The van der Waals surface area contributed by atoms with E-state index < -0.39 is 9.05 Å². The number of aromatic nitrogens is 3. The number of hydrogen-bond acceptors (Lipinski definition) is 4. The third-order valence-electron chi connectivity index (χ3n) is 3.61. The highest BCUT2D eigenvalue weighted by atomic mass is 35.7. The zero-order valence-electron chi connectivity index (χ0n) is 11.0. The molecule has 0 unspecified atom stereocenters. The van der Waals surface area contributed by atoms with Crippen LogP contribution < -0.4 is 0 Å². The van der Waals surface area contributed by atoms with Gasteiger partial charge < -0.3 is 0 Å². The summed E-state index contributed by atoms with van der Waals surface area (Å²) < 4.78 is 24.5. The summed E-state index contributed by atoms with van der Waals surface area (Å²) in [5, 5.41) is 7.52. The highest BCUT2D eigenvalue weighted by molar-refractivity contribution is 8.13. The second-order valence-electron chi connectivity index (χ2n) is 4.83. The Labute approximate surface area is 122 Å².